The van der Waals surface area contributed by atoms with Crippen LogP contribution in [0.25, 0.3) is 0 Å². The number of benzene rings is 1. The van der Waals surface area contributed by atoms with Crippen molar-refractivity contribution in [2.75, 3.05) is 7.11 Å². The topological polar surface area (TPSA) is 26.3 Å². The van der Waals surface area contributed by atoms with Gasteiger partial charge >= 0.3 is 0 Å². The van der Waals surface area contributed by atoms with Crippen LogP contribution in [0.15, 0.2) is 18.2 Å². The maximum Gasteiger partial charge on any atom is 0.139 e. The van der Waals surface area contributed by atoms with E-state index in [9.17, 15) is 4.79 Å². The van der Waals surface area contributed by atoms with Gasteiger partial charge in [0.25, 0.3) is 0 Å². The fourth-order valence-electron chi connectivity index (χ4n) is 1.41. The zero-order valence-electron chi connectivity index (χ0n) is 10.0. The maximum absolute atomic E-state index is 11.5. The van der Waals surface area contributed by atoms with Crippen LogP contribution in [0.1, 0.15) is 31.9 Å². The lowest BCUT2D eigenvalue weighted by Crippen LogP contribution is -2.26. The van der Waals surface area contributed by atoms with E-state index in [2.05, 4.69) is 0 Å². The first kappa shape index (κ1) is 11.8. The smallest absolute Gasteiger partial charge is 0.139 e. The standard InChI is InChI=1S/C13H18O2/c1-9-6-7-11(8-12(9)15-5)13(3,4)10(2)14/h6-8H,1-5H3. The number of carbonyl (C=O) groups excluding carboxylic acids is 1. The molecule has 0 heterocycles. The van der Waals surface area contributed by atoms with Gasteiger partial charge < -0.3 is 4.74 Å². The van der Waals surface area contributed by atoms with Crippen LogP contribution >= 0.6 is 0 Å². The molecule has 0 saturated carbocycles. The highest BCUT2D eigenvalue weighted by molar-refractivity contribution is 5.87. The average Bonchev–Trinajstić information content (AvgIpc) is 2.18. The van der Waals surface area contributed by atoms with Crippen molar-refractivity contribution in [1.82, 2.24) is 0 Å². The van der Waals surface area contributed by atoms with Crippen LogP contribution in [0.2, 0.25) is 0 Å². The van der Waals surface area contributed by atoms with E-state index < -0.39 is 5.41 Å². The number of aryl methyl sites for hydroxylation is 1. The zero-order valence-corrected chi connectivity index (χ0v) is 10.0. The number of rotatable bonds is 3. The summed E-state index contributed by atoms with van der Waals surface area (Å²) in [7, 11) is 1.65. The Morgan fingerprint density at radius 2 is 1.93 bits per heavy atom. The van der Waals surface area contributed by atoms with Crippen molar-refractivity contribution in [2.24, 2.45) is 0 Å². The normalized spacial score (nSPS) is 11.3. The molecule has 0 aromatic heterocycles. The number of hydrogen-bond acceptors (Lipinski definition) is 2. The fraction of sp³-hybridized carbons (Fsp3) is 0.462. The third-order valence-corrected chi connectivity index (χ3v) is 3.01. The van der Waals surface area contributed by atoms with Crippen LogP contribution in [0, 0.1) is 6.92 Å². The van der Waals surface area contributed by atoms with Gasteiger partial charge in [-0.15, -0.1) is 0 Å². The summed E-state index contributed by atoms with van der Waals surface area (Å²) < 4.78 is 5.25. The van der Waals surface area contributed by atoms with Gasteiger partial charge in [0.05, 0.1) is 7.11 Å². The summed E-state index contributed by atoms with van der Waals surface area (Å²) >= 11 is 0. The lowest BCUT2D eigenvalue weighted by atomic mass is 9.81. The summed E-state index contributed by atoms with van der Waals surface area (Å²) in [5.74, 6) is 0.996. The molecule has 0 bridgehead atoms. The monoisotopic (exact) mass is 206 g/mol. The highest BCUT2D eigenvalue weighted by atomic mass is 16.5. The van der Waals surface area contributed by atoms with Crippen LogP contribution in [0.5, 0.6) is 5.75 Å². The third-order valence-electron chi connectivity index (χ3n) is 3.01. The minimum absolute atomic E-state index is 0.161. The van der Waals surface area contributed by atoms with Crippen molar-refractivity contribution in [3.8, 4) is 5.75 Å². The van der Waals surface area contributed by atoms with Gasteiger partial charge in [-0.05, 0) is 44.9 Å². The highest BCUT2D eigenvalue weighted by Gasteiger charge is 2.26. The summed E-state index contributed by atoms with van der Waals surface area (Å²) in [6.07, 6.45) is 0. The molecule has 2 nitrogen and oxygen atoms in total. The number of ether oxygens (including phenoxy) is 1. The average molecular weight is 206 g/mol. The fourth-order valence-corrected chi connectivity index (χ4v) is 1.41. The Morgan fingerprint density at radius 3 is 2.40 bits per heavy atom. The van der Waals surface area contributed by atoms with E-state index in [1.165, 1.54) is 0 Å². The van der Waals surface area contributed by atoms with Crippen LogP contribution in [0.4, 0.5) is 0 Å². The maximum atomic E-state index is 11.5. The summed E-state index contributed by atoms with van der Waals surface area (Å²) in [6.45, 7) is 7.47. The molecule has 1 aromatic rings. The molecule has 0 spiro atoms. The Hall–Kier alpha value is -1.31. The lowest BCUT2D eigenvalue weighted by molar-refractivity contribution is -0.121. The Balaban J connectivity index is 3.22. The van der Waals surface area contributed by atoms with E-state index in [0.29, 0.717) is 0 Å². The van der Waals surface area contributed by atoms with Crippen molar-refractivity contribution in [2.45, 2.75) is 33.1 Å². The molecule has 0 aliphatic heterocycles. The third kappa shape index (κ3) is 2.20. The Kier molecular flexibility index (Phi) is 3.18. The van der Waals surface area contributed by atoms with Crippen molar-refractivity contribution in [1.29, 1.82) is 0 Å². The Labute approximate surface area is 91.3 Å². The summed E-state index contributed by atoms with van der Waals surface area (Å²) in [6, 6.07) is 5.91. The van der Waals surface area contributed by atoms with Gasteiger partial charge in [0.2, 0.25) is 0 Å². The second-order valence-corrected chi connectivity index (χ2v) is 4.37. The number of Topliss-reactive ketones (excluding diaryl/α,β-unsaturated/α-hetero) is 1. The van der Waals surface area contributed by atoms with E-state index in [4.69, 9.17) is 4.74 Å². The molecule has 0 radical (unpaired) electrons. The van der Waals surface area contributed by atoms with Gasteiger partial charge in [0, 0.05) is 5.41 Å². The van der Waals surface area contributed by atoms with Gasteiger partial charge in [0.15, 0.2) is 0 Å². The first-order valence-corrected chi connectivity index (χ1v) is 5.05. The van der Waals surface area contributed by atoms with Crippen LogP contribution < -0.4 is 4.74 Å². The molecular weight excluding hydrogens is 188 g/mol. The van der Waals surface area contributed by atoms with E-state index in [-0.39, 0.29) is 5.78 Å². The molecule has 82 valence electrons. The molecule has 0 saturated heterocycles. The SMILES string of the molecule is COc1cc(C(C)(C)C(C)=O)ccc1C. The first-order chi connectivity index (χ1) is 6.89. The van der Waals surface area contributed by atoms with E-state index >= 15 is 0 Å². The summed E-state index contributed by atoms with van der Waals surface area (Å²) in [5.41, 5.74) is 1.64. The second kappa shape index (κ2) is 4.05. The van der Waals surface area contributed by atoms with E-state index in [0.717, 1.165) is 16.9 Å². The predicted molar refractivity (Wildman–Crippen MR) is 61.4 cm³/mol. The van der Waals surface area contributed by atoms with Crippen molar-refractivity contribution >= 4 is 5.78 Å². The quantitative estimate of drug-likeness (QED) is 0.760. The molecule has 0 fully saturated rings. The van der Waals surface area contributed by atoms with Crippen molar-refractivity contribution in [3.63, 3.8) is 0 Å². The summed E-state index contributed by atoms with van der Waals surface area (Å²) in [5, 5.41) is 0. The number of methoxy groups -OCH3 is 1. The Bertz CT molecular complexity index is 378. The zero-order chi connectivity index (χ0) is 11.6. The van der Waals surface area contributed by atoms with Gasteiger partial charge in [-0.25, -0.2) is 0 Å². The molecule has 0 amide bonds. The van der Waals surface area contributed by atoms with E-state index in [1.807, 2.05) is 39.0 Å². The van der Waals surface area contributed by atoms with E-state index in [1.54, 1.807) is 14.0 Å². The molecule has 0 atom stereocenters. The molecule has 1 aromatic carbocycles. The summed E-state index contributed by atoms with van der Waals surface area (Å²) in [4.78, 5) is 11.5. The first-order valence-electron chi connectivity index (χ1n) is 5.05. The number of carbonyl (C=O) groups is 1. The Morgan fingerprint density at radius 1 is 1.33 bits per heavy atom. The molecular formula is C13H18O2. The molecule has 15 heavy (non-hydrogen) atoms. The molecule has 0 aliphatic carbocycles. The molecule has 0 unspecified atom stereocenters. The van der Waals surface area contributed by atoms with Crippen LogP contribution in [-0.4, -0.2) is 12.9 Å². The molecule has 0 aliphatic rings. The largest absolute Gasteiger partial charge is 0.496 e. The van der Waals surface area contributed by atoms with Crippen LogP contribution in [-0.2, 0) is 10.2 Å². The minimum Gasteiger partial charge on any atom is -0.496 e. The van der Waals surface area contributed by atoms with Crippen molar-refractivity contribution in [3.05, 3.63) is 29.3 Å². The van der Waals surface area contributed by atoms with Gasteiger partial charge in [-0.1, -0.05) is 12.1 Å². The predicted octanol–water partition coefficient (Wildman–Crippen LogP) is 2.87. The van der Waals surface area contributed by atoms with Gasteiger partial charge in [0.1, 0.15) is 11.5 Å². The molecule has 2 heteroatoms. The van der Waals surface area contributed by atoms with Crippen LogP contribution in [0.3, 0.4) is 0 Å². The lowest BCUT2D eigenvalue weighted by Gasteiger charge is -2.22. The second-order valence-electron chi connectivity index (χ2n) is 4.37. The number of hydrogen-bond donors (Lipinski definition) is 0. The van der Waals surface area contributed by atoms with Crippen molar-refractivity contribution < 1.29 is 9.53 Å². The number of ketones is 1. The molecule has 0 N–H and O–H groups in total. The molecule has 1 rings (SSSR count). The highest BCUT2D eigenvalue weighted by Crippen LogP contribution is 2.29. The minimum atomic E-state index is -0.443. The van der Waals surface area contributed by atoms with Gasteiger partial charge in [-0.2, -0.15) is 0 Å². The van der Waals surface area contributed by atoms with Gasteiger partial charge in [-0.3, -0.25) is 4.79 Å².